The van der Waals surface area contributed by atoms with Gasteiger partial charge in [0.05, 0.1) is 5.92 Å². The lowest BCUT2D eigenvalue weighted by Crippen LogP contribution is -2.41. The Kier molecular flexibility index (Phi) is 7.21. The number of aryl methyl sites for hydroxylation is 1. The van der Waals surface area contributed by atoms with Crippen LogP contribution >= 0.6 is 0 Å². The van der Waals surface area contributed by atoms with Crippen LogP contribution < -0.4 is 16.0 Å². The van der Waals surface area contributed by atoms with E-state index >= 15 is 0 Å². The molecule has 1 aliphatic carbocycles. The summed E-state index contributed by atoms with van der Waals surface area (Å²) in [5.74, 6) is -0.808. The van der Waals surface area contributed by atoms with E-state index in [0.717, 1.165) is 5.56 Å². The Morgan fingerprint density at radius 2 is 1.81 bits per heavy atom. The number of carbonyl (C=O) groups is 3. The molecule has 0 saturated heterocycles. The molecule has 4 N–H and O–H groups in total. The van der Waals surface area contributed by atoms with Crippen molar-refractivity contribution in [2.24, 2.45) is 11.8 Å². The molecule has 0 radical (unpaired) electrons. The maximum Gasteiger partial charge on any atom is 0.319 e. The van der Waals surface area contributed by atoms with Crippen LogP contribution in [0.15, 0.2) is 18.2 Å². The molecule has 0 aromatic heterocycles. The van der Waals surface area contributed by atoms with Crippen molar-refractivity contribution in [1.82, 2.24) is 10.6 Å². The van der Waals surface area contributed by atoms with Crippen LogP contribution in [-0.4, -0.2) is 35.6 Å². The van der Waals surface area contributed by atoms with Crippen LogP contribution in [0.2, 0.25) is 0 Å². The van der Waals surface area contributed by atoms with Gasteiger partial charge in [0.25, 0.3) is 5.91 Å². The molecule has 0 atom stereocenters. The lowest BCUT2D eigenvalue weighted by Gasteiger charge is -2.27. The highest BCUT2D eigenvalue weighted by Crippen LogP contribution is 2.24. The van der Waals surface area contributed by atoms with Crippen molar-refractivity contribution >= 4 is 23.6 Å². The number of carbonyl (C=O) groups excluding carboxylic acids is 2. The summed E-state index contributed by atoms with van der Waals surface area (Å²) in [5.41, 5.74) is 2.01. The van der Waals surface area contributed by atoms with Crippen molar-refractivity contribution in [3.63, 3.8) is 0 Å². The summed E-state index contributed by atoms with van der Waals surface area (Å²) in [4.78, 5) is 35.3. The Morgan fingerprint density at radius 1 is 1.15 bits per heavy atom. The molecule has 1 aromatic rings. The largest absolute Gasteiger partial charge is 0.481 e. The number of urea groups is 1. The SMILES string of the molecule is Cc1cc(C(=O)NCC(C)C)ccc1NC(=O)NC1CCC(C(=O)O)CC1. The first-order valence-corrected chi connectivity index (χ1v) is 9.45. The lowest BCUT2D eigenvalue weighted by atomic mass is 9.86. The lowest BCUT2D eigenvalue weighted by molar-refractivity contribution is -0.142. The zero-order valence-corrected chi connectivity index (χ0v) is 16.2. The van der Waals surface area contributed by atoms with E-state index in [1.54, 1.807) is 18.2 Å². The average Bonchev–Trinajstić information content (AvgIpc) is 2.61. The molecule has 0 spiro atoms. The normalized spacial score (nSPS) is 19.4. The van der Waals surface area contributed by atoms with Crippen molar-refractivity contribution in [2.45, 2.75) is 52.5 Å². The fraction of sp³-hybridized carbons (Fsp3) is 0.550. The molecule has 1 saturated carbocycles. The zero-order chi connectivity index (χ0) is 20.0. The molecule has 1 fully saturated rings. The highest BCUT2D eigenvalue weighted by atomic mass is 16.4. The number of anilines is 1. The van der Waals surface area contributed by atoms with E-state index in [1.165, 1.54) is 0 Å². The molecule has 0 aliphatic heterocycles. The summed E-state index contributed by atoms with van der Waals surface area (Å²) < 4.78 is 0. The topological polar surface area (TPSA) is 108 Å². The third kappa shape index (κ3) is 6.27. The van der Waals surface area contributed by atoms with Gasteiger partial charge in [-0.1, -0.05) is 13.8 Å². The van der Waals surface area contributed by atoms with Gasteiger partial charge in [-0.3, -0.25) is 9.59 Å². The minimum Gasteiger partial charge on any atom is -0.481 e. The van der Waals surface area contributed by atoms with Gasteiger partial charge in [-0.15, -0.1) is 0 Å². The Balaban J connectivity index is 1.87. The smallest absolute Gasteiger partial charge is 0.319 e. The number of aliphatic carboxylic acids is 1. The molecule has 1 aliphatic rings. The summed E-state index contributed by atoms with van der Waals surface area (Å²) >= 11 is 0. The molecule has 2 rings (SSSR count). The Hall–Kier alpha value is -2.57. The number of nitrogens with one attached hydrogen (secondary N) is 3. The zero-order valence-electron chi connectivity index (χ0n) is 16.2. The Morgan fingerprint density at radius 3 is 2.37 bits per heavy atom. The molecule has 27 heavy (non-hydrogen) atoms. The van der Waals surface area contributed by atoms with Crippen LogP contribution in [0.5, 0.6) is 0 Å². The standard InChI is InChI=1S/C20H29N3O4/c1-12(2)11-21-18(24)15-6-9-17(13(3)10-15)23-20(27)22-16-7-4-14(5-8-16)19(25)26/h6,9-10,12,14,16H,4-5,7-8,11H2,1-3H3,(H,21,24)(H,25,26)(H2,22,23,27). The minimum absolute atomic E-state index is 0.0120. The average molecular weight is 375 g/mol. The second kappa shape index (κ2) is 9.39. The summed E-state index contributed by atoms with van der Waals surface area (Å²) in [5, 5.41) is 17.6. The van der Waals surface area contributed by atoms with E-state index < -0.39 is 5.97 Å². The minimum atomic E-state index is -0.758. The van der Waals surface area contributed by atoms with Crippen LogP contribution in [0.1, 0.15) is 55.5 Å². The Labute approximate surface area is 159 Å². The fourth-order valence-corrected chi connectivity index (χ4v) is 3.17. The molecule has 7 heteroatoms. The maximum absolute atomic E-state index is 12.2. The van der Waals surface area contributed by atoms with E-state index in [-0.39, 0.29) is 23.9 Å². The molecular weight excluding hydrogens is 346 g/mol. The monoisotopic (exact) mass is 375 g/mol. The van der Waals surface area contributed by atoms with Gasteiger partial charge in [0.15, 0.2) is 0 Å². The van der Waals surface area contributed by atoms with Gasteiger partial charge in [-0.05, 0) is 62.3 Å². The molecular formula is C20H29N3O4. The number of rotatable bonds is 6. The maximum atomic E-state index is 12.2. The van der Waals surface area contributed by atoms with Gasteiger partial charge in [-0.25, -0.2) is 4.79 Å². The van der Waals surface area contributed by atoms with E-state index in [4.69, 9.17) is 5.11 Å². The molecule has 0 heterocycles. The van der Waals surface area contributed by atoms with Crippen molar-refractivity contribution in [2.75, 3.05) is 11.9 Å². The molecule has 0 bridgehead atoms. The third-order valence-electron chi connectivity index (χ3n) is 4.82. The fourth-order valence-electron chi connectivity index (χ4n) is 3.17. The number of amides is 3. The number of hydrogen-bond acceptors (Lipinski definition) is 3. The molecule has 1 aromatic carbocycles. The first kappa shape index (κ1) is 20.7. The number of carboxylic acids is 1. The first-order valence-electron chi connectivity index (χ1n) is 9.45. The van der Waals surface area contributed by atoms with Gasteiger partial charge in [0.1, 0.15) is 0 Å². The van der Waals surface area contributed by atoms with Crippen molar-refractivity contribution < 1.29 is 19.5 Å². The van der Waals surface area contributed by atoms with Crippen LogP contribution in [0.3, 0.4) is 0 Å². The number of benzene rings is 1. The van der Waals surface area contributed by atoms with Crippen molar-refractivity contribution in [1.29, 1.82) is 0 Å². The highest BCUT2D eigenvalue weighted by molar-refractivity contribution is 5.96. The summed E-state index contributed by atoms with van der Waals surface area (Å²) in [6.07, 6.45) is 2.50. The molecule has 0 unspecified atom stereocenters. The van der Waals surface area contributed by atoms with Gasteiger partial charge < -0.3 is 21.1 Å². The molecule has 7 nitrogen and oxygen atoms in total. The van der Waals surface area contributed by atoms with E-state index in [9.17, 15) is 14.4 Å². The Bertz CT molecular complexity index is 694. The van der Waals surface area contributed by atoms with Gasteiger partial charge in [-0.2, -0.15) is 0 Å². The van der Waals surface area contributed by atoms with Gasteiger partial charge in [0.2, 0.25) is 0 Å². The van der Waals surface area contributed by atoms with Crippen LogP contribution in [0.4, 0.5) is 10.5 Å². The van der Waals surface area contributed by atoms with E-state index in [1.807, 2.05) is 20.8 Å². The number of hydrogen-bond donors (Lipinski definition) is 4. The molecule has 3 amide bonds. The third-order valence-corrected chi connectivity index (χ3v) is 4.82. The second-order valence-electron chi connectivity index (χ2n) is 7.62. The number of carboxylic acid groups (broad SMARTS) is 1. The van der Waals surface area contributed by atoms with E-state index in [0.29, 0.717) is 49.4 Å². The van der Waals surface area contributed by atoms with Gasteiger partial charge >= 0.3 is 12.0 Å². The van der Waals surface area contributed by atoms with Crippen LogP contribution in [0.25, 0.3) is 0 Å². The van der Waals surface area contributed by atoms with Crippen LogP contribution in [-0.2, 0) is 4.79 Å². The summed E-state index contributed by atoms with van der Waals surface area (Å²) in [6.45, 7) is 6.52. The van der Waals surface area contributed by atoms with E-state index in [2.05, 4.69) is 16.0 Å². The van der Waals surface area contributed by atoms with Crippen molar-refractivity contribution in [3.8, 4) is 0 Å². The summed E-state index contributed by atoms with van der Waals surface area (Å²) in [6, 6.07) is 4.84. The quantitative estimate of drug-likeness (QED) is 0.612. The predicted molar refractivity (Wildman–Crippen MR) is 104 cm³/mol. The molecule has 148 valence electrons. The second-order valence-corrected chi connectivity index (χ2v) is 7.62. The first-order chi connectivity index (χ1) is 12.8. The van der Waals surface area contributed by atoms with Crippen LogP contribution in [0, 0.1) is 18.8 Å². The summed E-state index contributed by atoms with van der Waals surface area (Å²) in [7, 11) is 0. The van der Waals surface area contributed by atoms with Crippen molar-refractivity contribution in [3.05, 3.63) is 29.3 Å². The van der Waals surface area contributed by atoms with Gasteiger partial charge in [0, 0.05) is 23.8 Å². The predicted octanol–water partition coefficient (Wildman–Crippen LogP) is 3.15. The highest BCUT2D eigenvalue weighted by Gasteiger charge is 2.26.